The minimum Gasteiger partial charge on any atom is -0.351 e. The Bertz CT molecular complexity index is 434. The monoisotopic (exact) mass is 289 g/mol. The second kappa shape index (κ2) is 7.26. The average molecular weight is 289 g/mol. The summed E-state index contributed by atoms with van der Waals surface area (Å²) in [5.41, 5.74) is 1.42. The second-order valence-electron chi connectivity index (χ2n) is 6.70. The first-order valence-corrected chi connectivity index (χ1v) is 8.53. The molecular weight excluding hydrogens is 258 g/mol. The quantitative estimate of drug-likeness (QED) is 0.780. The highest BCUT2D eigenvalue weighted by Gasteiger charge is 2.30. The van der Waals surface area contributed by atoms with Gasteiger partial charge < -0.3 is 4.90 Å². The molecular formula is C18H31N3. The van der Waals surface area contributed by atoms with E-state index in [1.54, 1.807) is 0 Å². The van der Waals surface area contributed by atoms with Crippen molar-refractivity contribution in [3.05, 3.63) is 23.9 Å². The maximum absolute atomic E-state index is 4.76. The Hall–Kier alpha value is -1.09. The molecule has 0 N–H and O–H groups in total. The van der Waals surface area contributed by atoms with Gasteiger partial charge in [-0.3, -0.25) is 4.90 Å². The molecule has 0 saturated carbocycles. The molecule has 1 atom stereocenters. The first kappa shape index (κ1) is 16.3. The molecule has 1 aliphatic rings. The SMILES string of the molecule is CCCN1CCC[C@H]1c1cccnc1N(C(C)C)C(C)C. The molecule has 0 unspecified atom stereocenters. The lowest BCUT2D eigenvalue weighted by atomic mass is 10.0. The third kappa shape index (κ3) is 3.57. The predicted octanol–water partition coefficient (Wildman–Crippen LogP) is 4.25. The van der Waals surface area contributed by atoms with E-state index < -0.39 is 0 Å². The third-order valence-electron chi connectivity index (χ3n) is 4.41. The number of likely N-dealkylation sites (tertiary alicyclic amines) is 1. The summed E-state index contributed by atoms with van der Waals surface area (Å²) < 4.78 is 0. The summed E-state index contributed by atoms with van der Waals surface area (Å²) in [7, 11) is 0. The smallest absolute Gasteiger partial charge is 0.133 e. The first-order valence-electron chi connectivity index (χ1n) is 8.53. The summed E-state index contributed by atoms with van der Waals surface area (Å²) >= 11 is 0. The van der Waals surface area contributed by atoms with Gasteiger partial charge >= 0.3 is 0 Å². The van der Waals surface area contributed by atoms with Gasteiger partial charge in [-0.25, -0.2) is 4.98 Å². The first-order chi connectivity index (χ1) is 10.1. The van der Waals surface area contributed by atoms with Crippen molar-refractivity contribution in [1.29, 1.82) is 0 Å². The molecule has 1 aliphatic heterocycles. The van der Waals surface area contributed by atoms with E-state index in [1.165, 1.54) is 43.7 Å². The van der Waals surface area contributed by atoms with Crippen LogP contribution in [-0.2, 0) is 0 Å². The van der Waals surface area contributed by atoms with Crippen LogP contribution in [0.2, 0.25) is 0 Å². The van der Waals surface area contributed by atoms with Crippen LogP contribution in [0.1, 0.15) is 65.5 Å². The zero-order valence-corrected chi connectivity index (χ0v) is 14.3. The van der Waals surface area contributed by atoms with Crippen molar-refractivity contribution in [3.8, 4) is 0 Å². The molecule has 2 heterocycles. The lowest BCUT2D eigenvalue weighted by Crippen LogP contribution is -2.39. The van der Waals surface area contributed by atoms with Crippen molar-refractivity contribution in [2.75, 3.05) is 18.0 Å². The summed E-state index contributed by atoms with van der Waals surface area (Å²) in [5.74, 6) is 1.19. The van der Waals surface area contributed by atoms with Crippen molar-refractivity contribution in [3.63, 3.8) is 0 Å². The Morgan fingerprint density at radius 3 is 2.62 bits per heavy atom. The second-order valence-corrected chi connectivity index (χ2v) is 6.70. The van der Waals surface area contributed by atoms with Crippen LogP contribution >= 0.6 is 0 Å². The fourth-order valence-electron chi connectivity index (χ4n) is 3.70. The van der Waals surface area contributed by atoms with Gasteiger partial charge in [0.05, 0.1) is 0 Å². The van der Waals surface area contributed by atoms with Crippen LogP contribution in [0.25, 0.3) is 0 Å². The van der Waals surface area contributed by atoms with Crippen LogP contribution in [0.5, 0.6) is 0 Å². The van der Waals surface area contributed by atoms with Crippen LogP contribution in [0, 0.1) is 0 Å². The van der Waals surface area contributed by atoms with Gasteiger partial charge in [0.25, 0.3) is 0 Å². The van der Waals surface area contributed by atoms with E-state index in [2.05, 4.69) is 56.6 Å². The number of rotatable bonds is 6. The van der Waals surface area contributed by atoms with Crippen molar-refractivity contribution in [1.82, 2.24) is 9.88 Å². The Morgan fingerprint density at radius 1 is 1.29 bits per heavy atom. The molecule has 1 fully saturated rings. The van der Waals surface area contributed by atoms with E-state index in [0.717, 1.165) is 0 Å². The maximum atomic E-state index is 4.76. The summed E-state index contributed by atoms with van der Waals surface area (Å²) in [4.78, 5) is 9.85. The minimum atomic E-state index is 0.472. The van der Waals surface area contributed by atoms with Gasteiger partial charge in [-0.05, 0) is 66.1 Å². The van der Waals surface area contributed by atoms with E-state index in [1.807, 2.05) is 6.20 Å². The Balaban J connectivity index is 2.36. The number of anilines is 1. The van der Waals surface area contributed by atoms with Crippen LogP contribution in [0.15, 0.2) is 18.3 Å². The average Bonchev–Trinajstić information content (AvgIpc) is 2.87. The normalized spacial score (nSPS) is 19.7. The minimum absolute atomic E-state index is 0.472. The van der Waals surface area contributed by atoms with Crippen LogP contribution < -0.4 is 4.90 Å². The molecule has 0 radical (unpaired) electrons. The fraction of sp³-hybridized carbons (Fsp3) is 0.722. The van der Waals surface area contributed by atoms with E-state index in [0.29, 0.717) is 18.1 Å². The molecule has 1 saturated heterocycles. The van der Waals surface area contributed by atoms with Gasteiger partial charge in [0.2, 0.25) is 0 Å². The molecule has 0 bridgehead atoms. The summed E-state index contributed by atoms with van der Waals surface area (Å²) in [6.45, 7) is 13.7. The summed E-state index contributed by atoms with van der Waals surface area (Å²) in [6, 6.07) is 5.88. The molecule has 0 aromatic carbocycles. The Labute approximate surface area is 130 Å². The topological polar surface area (TPSA) is 19.4 Å². The van der Waals surface area contributed by atoms with Crippen LogP contribution in [0.3, 0.4) is 0 Å². The van der Waals surface area contributed by atoms with E-state index in [9.17, 15) is 0 Å². The molecule has 21 heavy (non-hydrogen) atoms. The van der Waals surface area contributed by atoms with Crippen LogP contribution in [0.4, 0.5) is 5.82 Å². The van der Waals surface area contributed by atoms with Gasteiger partial charge in [0.1, 0.15) is 5.82 Å². The van der Waals surface area contributed by atoms with Crippen molar-refractivity contribution >= 4 is 5.82 Å². The Kier molecular flexibility index (Phi) is 5.63. The molecule has 0 aliphatic carbocycles. The molecule has 2 rings (SSSR count). The lowest BCUT2D eigenvalue weighted by Gasteiger charge is -2.35. The molecule has 0 amide bonds. The highest BCUT2D eigenvalue weighted by Crippen LogP contribution is 2.37. The van der Waals surface area contributed by atoms with Crippen LogP contribution in [-0.4, -0.2) is 35.1 Å². The highest BCUT2D eigenvalue weighted by molar-refractivity contribution is 5.50. The predicted molar refractivity (Wildman–Crippen MR) is 90.8 cm³/mol. The van der Waals surface area contributed by atoms with Crippen molar-refractivity contribution < 1.29 is 0 Å². The van der Waals surface area contributed by atoms with E-state index in [-0.39, 0.29) is 0 Å². The zero-order valence-electron chi connectivity index (χ0n) is 14.3. The Morgan fingerprint density at radius 2 is 2.00 bits per heavy atom. The van der Waals surface area contributed by atoms with Gasteiger partial charge in [-0.15, -0.1) is 0 Å². The van der Waals surface area contributed by atoms with Gasteiger partial charge in [-0.1, -0.05) is 13.0 Å². The molecule has 0 spiro atoms. The fourth-order valence-corrected chi connectivity index (χ4v) is 3.70. The number of pyridine rings is 1. The third-order valence-corrected chi connectivity index (χ3v) is 4.41. The molecule has 3 nitrogen and oxygen atoms in total. The van der Waals surface area contributed by atoms with Gasteiger partial charge in [-0.2, -0.15) is 0 Å². The molecule has 1 aromatic heterocycles. The zero-order chi connectivity index (χ0) is 15.4. The molecule has 1 aromatic rings. The summed E-state index contributed by atoms with van der Waals surface area (Å²) in [5, 5.41) is 0. The summed E-state index contributed by atoms with van der Waals surface area (Å²) in [6.07, 6.45) is 5.74. The number of hydrogen-bond acceptors (Lipinski definition) is 3. The van der Waals surface area contributed by atoms with Crippen molar-refractivity contribution in [2.24, 2.45) is 0 Å². The van der Waals surface area contributed by atoms with E-state index >= 15 is 0 Å². The largest absolute Gasteiger partial charge is 0.351 e. The highest BCUT2D eigenvalue weighted by atomic mass is 15.2. The maximum Gasteiger partial charge on any atom is 0.133 e. The number of nitrogens with zero attached hydrogens (tertiary/aromatic N) is 3. The van der Waals surface area contributed by atoms with Gasteiger partial charge in [0, 0.05) is 29.9 Å². The van der Waals surface area contributed by atoms with Crippen molar-refractivity contribution in [2.45, 2.75) is 72.0 Å². The molecule has 3 heteroatoms. The molecule has 118 valence electrons. The van der Waals surface area contributed by atoms with Gasteiger partial charge in [0.15, 0.2) is 0 Å². The number of hydrogen-bond donors (Lipinski definition) is 0. The number of aromatic nitrogens is 1. The van der Waals surface area contributed by atoms with E-state index in [4.69, 9.17) is 4.98 Å². The lowest BCUT2D eigenvalue weighted by molar-refractivity contribution is 0.257. The standard InChI is InChI=1S/C18H31N3/c1-6-12-20-13-8-10-17(20)16-9-7-11-19-18(16)21(14(2)3)15(4)5/h7,9,11,14-15,17H,6,8,10,12-13H2,1-5H3/t17-/m0/s1.